The van der Waals surface area contributed by atoms with Crippen molar-refractivity contribution in [2.75, 3.05) is 6.61 Å². The molecule has 0 amide bonds. The Morgan fingerprint density at radius 1 is 1.00 bits per heavy atom. The maximum Gasteiger partial charge on any atom is 0.307 e. The number of ether oxygens (including phenoxy) is 1. The zero-order chi connectivity index (χ0) is 14.1. The third-order valence-corrected chi connectivity index (χ3v) is 2.81. The number of aliphatic carboxylic acids is 1. The minimum Gasteiger partial charge on any atom is -0.481 e. The molecule has 0 spiro atoms. The van der Waals surface area contributed by atoms with E-state index in [-0.39, 0.29) is 6.42 Å². The number of carboxylic acid groups (broad SMARTS) is 1. The fourth-order valence-electron chi connectivity index (χ4n) is 1.52. The van der Waals surface area contributed by atoms with Crippen molar-refractivity contribution < 1.29 is 19.4 Å². The molecule has 1 N–H and O–H groups in total. The zero-order valence-corrected chi connectivity index (χ0v) is 11.9. The van der Waals surface area contributed by atoms with E-state index in [1.54, 1.807) is 0 Å². The average molecular weight is 258 g/mol. The van der Waals surface area contributed by atoms with Crippen molar-refractivity contribution in [1.82, 2.24) is 0 Å². The molecule has 0 aliphatic heterocycles. The molecule has 0 radical (unpaired) electrons. The van der Waals surface area contributed by atoms with Crippen LogP contribution in [0, 0.1) is 17.8 Å². The Labute approximate surface area is 110 Å². The average Bonchev–Trinajstić information content (AvgIpc) is 2.22. The van der Waals surface area contributed by atoms with Gasteiger partial charge in [0.05, 0.1) is 18.9 Å². The van der Waals surface area contributed by atoms with Gasteiger partial charge in [0, 0.05) is 0 Å². The van der Waals surface area contributed by atoms with Crippen molar-refractivity contribution in [2.45, 2.75) is 53.4 Å². The van der Waals surface area contributed by atoms with Gasteiger partial charge in [-0.2, -0.15) is 0 Å². The summed E-state index contributed by atoms with van der Waals surface area (Å²) >= 11 is 0. The summed E-state index contributed by atoms with van der Waals surface area (Å²) in [6.07, 6.45) is 2.15. The van der Waals surface area contributed by atoms with Gasteiger partial charge in [-0.25, -0.2) is 0 Å². The molecule has 0 aromatic heterocycles. The van der Waals surface area contributed by atoms with Crippen molar-refractivity contribution >= 4 is 11.9 Å². The Morgan fingerprint density at radius 3 is 2.00 bits per heavy atom. The Bertz CT molecular complexity index is 259. The minimum atomic E-state index is -0.906. The van der Waals surface area contributed by atoms with Gasteiger partial charge in [0.25, 0.3) is 0 Å². The molecule has 4 heteroatoms. The molecular weight excluding hydrogens is 232 g/mol. The van der Waals surface area contributed by atoms with Crippen molar-refractivity contribution in [1.29, 1.82) is 0 Å². The number of carbonyl (C=O) groups is 2. The van der Waals surface area contributed by atoms with Crippen LogP contribution in [0.1, 0.15) is 53.4 Å². The molecule has 1 atom stereocenters. The molecule has 0 rings (SSSR count). The fourth-order valence-corrected chi connectivity index (χ4v) is 1.52. The van der Waals surface area contributed by atoms with Crippen LogP contribution < -0.4 is 0 Å². The lowest BCUT2D eigenvalue weighted by Crippen LogP contribution is -2.20. The van der Waals surface area contributed by atoms with E-state index in [2.05, 4.69) is 13.8 Å². The topological polar surface area (TPSA) is 63.6 Å². The molecule has 0 saturated carbocycles. The van der Waals surface area contributed by atoms with Crippen LogP contribution in [0.25, 0.3) is 0 Å². The standard InChI is InChI=1S/C14H26O4/c1-10(2)5-6-12(14(16)17)9-13(15)18-8-7-11(3)4/h10-12H,5-9H2,1-4H3,(H,16,17). The quantitative estimate of drug-likeness (QED) is 0.645. The van der Waals surface area contributed by atoms with Crippen LogP contribution in [0.5, 0.6) is 0 Å². The van der Waals surface area contributed by atoms with E-state index in [1.807, 2.05) is 13.8 Å². The van der Waals surface area contributed by atoms with Gasteiger partial charge in [0.15, 0.2) is 0 Å². The molecule has 0 saturated heterocycles. The predicted octanol–water partition coefficient (Wildman–Crippen LogP) is 3.10. The third-order valence-electron chi connectivity index (χ3n) is 2.81. The highest BCUT2D eigenvalue weighted by Crippen LogP contribution is 2.16. The Balaban J connectivity index is 4.00. The van der Waals surface area contributed by atoms with Crippen LogP contribution in [-0.4, -0.2) is 23.7 Å². The molecule has 0 aliphatic rings. The first-order valence-corrected chi connectivity index (χ1v) is 6.71. The highest BCUT2D eigenvalue weighted by molar-refractivity contribution is 5.78. The number of hydrogen-bond donors (Lipinski definition) is 1. The van der Waals surface area contributed by atoms with Crippen LogP contribution in [0.15, 0.2) is 0 Å². The highest BCUT2D eigenvalue weighted by atomic mass is 16.5. The van der Waals surface area contributed by atoms with E-state index in [0.717, 1.165) is 12.8 Å². The lowest BCUT2D eigenvalue weighted by Gasteiger charge is -2.13. The molecular formula is C14H26O4. The SMILES string of the molecule is CC(C)CCOC(=O)CC(CCC(C)C)C(=O)O. The predicted molar refractivity (Wildman–Crippen MR) is 70.2 cm³/mol. The number of carboxylic acids is 1. The van der Waals surface area contributed by atoms with Gasteiger partial charge in [-0.3, -0.25) is 9.59 Å². The first kappa shape index (κ1) is 16.9. The number of esters is 1. The van der Waals surface area contributed by atoms with Gasteiger partial charge >= 0.3 is 11.9 Å². The summed E-state index contributed by atoms with van der Waals surface area (Å²) in [5, 5.41) is 9.04. The molecule has 0 aromatic carbocycles. The molecule has 0 fully saturated rings. The van der Waals surface area contributed by atoms with Gasteiger partial charge in [-0.05, 0) is 24.7 Å². The summed E-state index contributed by atoms with van der Waals surface area (Å²) in [7, 11) is 0. The second-order valence-electron chi connectivity index (χ2n) is 5.61. The van der Waals surface area contributed by atoms with Crippen molar-refractivity contribution in [3.63, 3.8) is 0 Å². The van der Waals surface area contributed by atoms with Crippen molar-refractivity contribution in [3.8, 4) is 0 Å². The van der Waals surface area contributed by atoms with Crippen LogP contribution in [-0.2, 0) is 14.3 Å². The smallest absolute Gasteiger partial charge is 0.307 e. The number of carbonyl (C=O) groups excluding carboxylic acids is 1. The normalized spacial score (nSPS) is 12.8. The van der Waals surface area contributed by atoms with Crippen LogP contribution in [0.2, 0.25) is 0 Å². The van der Waals surface area contributed by atoms with Crippen molar-refractivity contribution in [3.05, 3.63) is 0 Å². The first-order valence-electron chi connectivity index (χ1n) is 6.71. The van der Waals surface area contributed by atoms with Crippen LogP contribution >= 0.6 is 0 Å². The van der Waals surface area contributed by atoms with E-state index in [9.17, 15) is 9.59 Å². The Kier molecular flexibility index (Phi) is 8.42. The van der Waals surface area contributed by atoms with Gasteiger partial charge in [-0.1, -0.05) is 34.1 Å². The summed E-state index contributed by atoms with van der Waals surface area (Å²) in [6, 6.07) is 0. The summed E-state index contributed by atoms with van der Waals surface area (Å²) in [5.41, 5.74) is 0. The van der Waals surface area contributed by atoms with Crippen LogP contribution in [0.4, 0.5) is 0 Å². The van der Waals surface area contributed by atoms with Gasteiger partial charge in [0.2, 0.25) is 0 Å². The molecule has 0 aliphatic carbocycles. The molecule has 106 valence electrons. The second-order valence-corrected chi connectivity index (χ2v) is 5.61. The highest BCUT2D eigenvalue weighted by Gasteiger charge is 2.22. The monoisotopic (exact) mass is 258 g/mol. The summed E-state index contributed by atoms with van der Waals surface area (Å²) < 4.78 is 5.04. The largest absolute Gasteiger partial charge is 0.481 e. The lowest BCUT2D eigenvalue weighted by atomic mass is 9.95. The van der Waals surface area contributed by atoms with E-state index in [0.29, 0.717) is 24.9 Å². The fraction of sp³-hybridized carbons (Fsp3) is 0.857. The molecule has 18 heavy (non-hydrogen) atoms. The summed E-state index contributed by atoms with van der Waals surface area (Å²) in [5.74, 6) is -0.986. The molecule has 4 nitrogen and oxygen atoms in total. The second kappa shape index (κ2) is 8.95. The number of rotatable bonds is 9. The lowest BCUT2D eigenvalue weighted by molar-refractivity contribution is -0.152. The molecule has 1 unspecified atom stereocenters. The number of hydrogen-bond acceptors (Lipinski definition) is 3. The Morgan fingerprint density at radius 2 is 1.56 bits per heavy atom. The zero-order valence-electron chi connectivity index (χ0n) is 11.9. The van der Waals surface area contributed by atoms with Gasteiger partial charge in [-0.15, -0.1) is 0 Å². The molecule has 0 bridgehead atoms. The maximum absolute atomic E-state index is 11.5. The molecule has 0 heterocycles. The summed E-state index contributed by atoms with van der Waals surface area (Å²) in [6.45, 7) is 8.57. The van der Waals surface area contributed by atoms with E-state index < -0.39 is 17.9 Å². The van der Waals surface area contributed by atoms with E-state index in [1.165, 1.54) is 0 Å². The maximum atomic E-state index is 11.5. The summed E-state index contributed by atoms with van der Waals surface area (Å²) in [4.78, 5) is 22.5. The van der Waals surface area contributed by atoms with E-state index >= 15 is 0 Å². The van der Waals surface area contributed by atoms with Crippen LogP contribution in [0.3, 0.4) is 0 Å². The first-order chi connectivity index (χ1) is 8.32. The van der Waals surface area contributed by atoms with Crippen molar-refractivity contribution in [2.24, 2.45) is 17.8 Å². The Hall–Kier alpha value is -1.06. The van der Waals surface area contributed by atoms with E-state index in [4.69, 9.17) is 9.84 Å². The molecule has 0 aromatic rings. The van der Waals surface area contributed by atoms with Gasteiger partial charge in [0.1, 0.15) is 0 Å². The van der Waals surface area contributed by atoms with Gasteiger partial charge < -0.3 is 9.84 Å². The minimum absolute atomic E-state index is 0.0137. The third kappa shape index (κ3) is 9.02.